The first kappa shape index (κ1) is 28.8. The SMILES string of the molecule is CC(C)(C)c1cc(N(C(=O)[C@H]2CC[C@H](C)CC2)[C@H]2CC[C@H](Oc3cc(N4CCCC4)ncn3)CC2)c(C(=O)O)s1. The Balaban J connectivity index is 1.34. The molecule has 0 atom stereocenters. The number of carbonyl (C=O) groups excluding carboxylic acids is 1. The number of amides is 1. The fourth-order valence-electron chi connectivity index (χ4n) is 6.39. The lowest BCUT2D eigenvalue weighted by Gasteiger charge is -2.39. The average Bonchev–Trinajstić information content (AvgIpc) is 3.62. The predicted molar refractivity (Wildman–Crippen MR) is 159 cm³/mol. The van der Waals surface area contributed by atoms with Crippen molar-refractivity contribution in [2.24, 2.45) is 11.8 Å². The van der Waals surface area contributed by atoms with Gasteiger partial charge in [0.05, 0.1) is 5.69 Å². The number of carbonyl (C=O) groups is 2. The Morgan fingerprint density at radius 3 is 2.30 bits per heavy atom. The summed E-state index contributed by atoms with van der Waals surface area (Å²) in [5.41, 5.74) is 0.389. The molecule has 1 N–H and O–H groups in total. The molecule has 218 valence electrons. The minimum absolute atomic E-state index is 0.0108. The van der Waals surface area contributed by atoms with Crippen LogP contribution in [0.15, 0.2) is 18.5 Å². The van der Waals surface area contributed by atoms with E-state index in [1.54, 1.807) is 6.33 Å². The molecule has 2 saturated carbocycles. The summed E-state index contributed by atoms with van der Waals surface area (Å²) in [4.78, 5) is 40.8. The van der Waals surface area contributed by atoms with Gasteiger partial charge in [0.25, 0.3) is 0 Å². The normalized spacial score (nSPS) is 25.6. The van der Waals surface area contributed by atoms with E-state index < -0.39 is 5.97 Å². The van der Waals surface area contributed by atoms with Gasteiger partial charge in [0.15, 0.2) is 0 Å². The van der Waals surface area contributed by atoms with Crippen molar-refractivity contribution < 1.29 is 19.4 Å². The predicted octanol–water partition coefficient (Wildman–Crippen LogP) is 6.68. The van der Waals surface area contributed by atoms with Crippen LogP contribution in [0.4, 0.5) is 11.5 Å². The Morgan fingerprint density at radius 1 is 1.00 bits per heavy atom. The Morgan fingerprint density at radius 2 is 1.68 bits per heavy atom. The molecule has 0 unspecified atom stereocenters. The number of hydrogen-bond acceptors (Lipinski definition) is 7. The first-order valence-corrected chi connectivity index (χ1v) is 15.9. The highest BCUT2D eigenvalue weighted by Gasteiger charge is 2.38. The van der Waals surface area contributed by atoms with Gasteiger partial charge in [0, 0.05) is 36.0 Å². The number of anilines is 2. The fraction of sp³-hybridized carbons (Fsp3) is 0.677. The molecule has 1 saturated heterocycles. The van der Waals surface area contributed by atoms with Gasteiger partial charge < -0.3 is 19.6 Å². The molecular formula is C31H44N4O4S. The molecule has 2 aliphatic carbocycles. The first-order chi connectivity index (χ1) is 19.1. The summed E-state index contributed by atoms with van der Waals surface area (Å²) in [6.07, 6.45) is 10.9. The number of nitrogens with zero attached hydrogens (tertiary/aromatic N) is 4. The van der Waals surface area contributed by atoms with Gasteiger partial charge in [-0.25, -0.2) is 14.8 Å². The zero-order chi connectivity index (χ0) is 28.4. The van der Waals surface area contributed by atoms with E-state index in [9.17, 15) is 14.7 Å². The summed E-state index contributed by atoms with van der Waals surface area (Å²) in [6.45, 7) is 10.6. The molecule has 0 spiro atoms. The van der Waals surface area contributed by atoms with Crippen LogP contribution in [0.2, 0.25) is 0 Å². The maximum Gasteiger partial charge on any atom is 0.348 e. The summed E-state index contributed by atoms with van der Waals surface area (Å²) in [7, 11) is 0. The lowest BCUT2D eigenvalue weighted by atomic mass is 9.81. The fourth-order valence-corrected chi connectivity index (χ4v) is 7.43. The molecule has 1 amide bonds. The second kappa shape index (κ2) is 12.0. The average molecular weight is 569 g/mol. The standard InChI is InChI=1S/C31H44N4O4S/c1-20-7-9-21(10-8-20)29(36)35(24-17-25(31(2,3)4)40-28(24)30(37)38)22-11-13-23(14-12-22)39-27-18-26(32-19-33-27)34-15-5-6-16-34/h17-23H,5-16H2,1-4H3,(H,37,38)/t20-,21-,22-,23-. The van der Waals surface area contributed by atoms with Crippen LogP contribution in [-0.2, 0) is 10.2 Å². The highest BCUT2D eigenvalue weighted by atomic mass is 32.1. The van der Waals surface area contributed by atoms with Gasteiger partial charge in [-0.2, -0.15) is 0 Å². The summed E-state index contributed by atoms with van der Waals surface area (Å²) in [5.74, 6) is 1.26. The van der Waals surface area contributed by atoms with Crippen molar-refractivity contribution in [1.29, 1.82) is 0 Å². The number of aromatic nitrogens is 2. The number of hydrogen-bond donors (Lipinski definition) is 1. The number of carboxylic acids is 1. The van der Waals surface area contributed by atoms with Crippen LogP contribution in [-0.4, -0.2) is 52.2 Å². The van der Waals surface area contributed by atoms with Gasteiger partial charge in [-0.05, 0) is 81.6 Å². The monoisotopic (exact) mass is 568 g/mol. The third-order valence-electron chi connectivity index (χ3n) is 8.86. The number of thiophene rings is 1. The largest absolute Gasteiger partial charge is 0.477 e. The molecular weight excluding hydrogens is 524 g/mol. The molecule has 40 heavy (non-hydrogen) atoms. The third kappa shape index (κ3) is 6.45. The van der Waals surface area contributed by atoms with E-state index in [2.05, 4.69) is 42.6 Å². The second-order valence-corrected chi connectivity index (χ2v) is 14.1. The van der Waals surface area contributed by atoms with Crippen LogP contribution >= 0.6 is 11.3 Å². The Hall–Kier alpha value is -2.68. The third-order valence-corrected chi connectivity index (χ3v) is 10.4. The summed E-state index contributed by atoms with van der Waals surface area (Å²) >= 11 is 1.31. The van der Waals surface area contributed by atoms with Gasteiger partial charge in [0.1, 0.15) is 23.1 Å². The van der Waals surface area contributed by atoms with Gasteiger partial charge in [-0.1, -0.05) is 27.7 Å². The minimum atomic E-state index is -0.958. The van der Waals surface area contributed by atoms with Crippen molar-refractivity contribution in [1.82, 2.24) is 9.97 Å². The van der Waals surface area contributed by atoms with Gasteiger partial charge in [-0.15, -0.1) is 11.3 Å². The van der Waals surface area contributed by atoms with E-state index >= 15 is 0 Å². The molecule has 2 aromatic rings. The zero-order valence-corrected chi connectivity index (χ0v) is 25.2. The Kier molecular flexibility index (Phi) is 8.69. The molecule has 9 heteroatoms. The van der Waals surface area contributed by atoms with E-state index in [1.165, 1.54) is 24.2 Å². The van der Waals surface area contributed by atoms with E-state index in [0.29, 0.717) is 17.5 Å². The van der Waals surface area contributed by atoms with Gasteiger partial charge >= 0.3 is 5.97 Å². The number of carboxylic acid groups (broad SMARTS) is 1. The van der Waals surface area contributed by atoms with Gasteiger partial charge in [-0.3, -0.25) is 4.79 Å². The van der Waals surface area contributed by atoms with Crippen molar-refractivity contribution in [3.63, 3.8) is 0 Å². The second-order valence-electron chi connectivity index (χ2n) is 13.0. The summed E-state index contributed by atoms with van der Waals surface area (Å²) in [5, 5.41) is 10.2. The van der Waals surface area contributed by atoms with Crippen LogP contribution in [0.25, 0.3) is 0 Å². The number of aromatic carboxylic acids is 1. The van der Waals surface area contributed by atoms with Crippen LogP contribution in [0.5, 0.6) is 5.88 Å². The topological polar surface area (TPSA) is 95.9 Å². The highest BCUT2D eigenvalue weighted by Crippen LogP contribution is 2.42. The Labute approximate surface area is 242 Å². The van der Waals surface area contributed by atoms with E-state index in [1.807, 2.05) is 17.0 Å². The van der Waals surface area contributed by atoms with E-state index in [4.69, 9.17) is 4.74 Å². The minimum Gasteiger partial charge on any atom is -0.477 e. The number of ether oxygens (including phenoxy) is 1. The van der Waals surface area contributed by atoms with Gasteiger partial charge in [0.2, 0.25) is 11.8 Å². The smallest absolute Gasteiger partial charge is 0.348 e. The van der Waals surface area contributed by atoms with Crippen LogP contribution in [0, 0.1) is 11.8 Å². The van der Waals surface area contributed by atoms with Crippen molar-refractivity contribution in [2.45, 2.75) is 109 Å². The van der Waals surface area contributed by atoms with E-state index in [0.717, 1.165) is 75.2 Å². The molecule has 2 aromatic heterocycles. The molecule has 8 nitrogen and oxygen atoms in total. The first-order valence-electron chi connectivity index (χ1n) is 15.0. The molecule has 5 rings (SSSR count). The molecule has 0 bridgehead atoms. The lowest BCUT2D eigenvalue weighted by molar-refractivity contribution is -0.124. The molecule has 3 aliphatic rings. The molecule has 0 aromatic carbocycles. The quantitative estimate of drug-likeness (QED) is 0.398. The molecule has 3 fully saturated rings. The van der Waals surface area contributed by atoms with Crippen molar-refractivity contribution in [3.05, 3.63) is 28.2 Å². The maximum absolute atomic E-state index is 14.2. The molecule has 0 radical (unpaired) electrons. The molecule has 3 heterocycles. The van der Waals surface area contributed by atoms with Crippen molar-refractivity contribution >= 4 is 34.7 Å². The van der Waals surface area contributed by atoms with Crippen LogP contribution < -0.4 is 14.5 Å². The molecule has 1 aliphatic heterocycles. The van der Waals surface area contributed by atoms with Crippen LogP contribution in [0.1, 0.15) is 106 Å². The van der Waals surface area contributed by atoms with Crippen molar-refractivity contribution in [2.75, 3.05) is 22.9 Å². The Bertz CT molecular complexity index is 1190. The maximum atomic E-state index is 14.2. The highest BCUT2D eigenvalue weighted by molar-refractivity contribution is 7.14. The zero-order valence-electron chi connectivity index (χ0n) is 24.4. The number of rotatable bonds is 7. The van der Waals surface area contributed by atoms with Crippen molar-refractivity contribution in [3.8, 4) is 5.88 Å². The van der Waals surface area contributed by atoms with Crippen LogP contribution in [0.3, 0.4) is 0 Å². The summed E-state index contributed by atoms with van der Waals surface area (Å²) < 4.78 is 6.32. The van der Waals surface area contributed by atoms with E-state index in [-0.39, 0.29) is 34.3 Å². The lowest BCUT2D eigenvalue weighted by Crippen LogP contribution is -2.47. The summed E-state index contributed by atoms with van der Waals surface area (Å²) in [6, 6.07) is 3.87.